The van der Waals surface area contributed by atoms with Gasteiger partial charge in [0.1, 0.15) is 5.69 Å². The molecule has 0 aliphatic heterocycles. The van der Waals surface area contributed by atoms with Crippen LogP contribution in [-0.4, -0.2) is 38.4 Å². The molecule has 1 atom stereocenters. The lowest BCUT2D eigenvalue weighted by molar-refractivity contribution is 0.0917. The quantitative estimate of drug-likeness (QED) is 0.817. The van der Waals surface area contributed by atoms with E-state index in [9.17, 15) is 4.79 Å². The maximum absolute atomic E-state index is 11.8. The summed E-state index contributed by atoms with van der Waals surface area (Å²) >= 11 is 0. The van der Waals surface area contributed by atoms with Gasteiger partial charge in [-0.1, -0.05) is 6.07 Å². The molecule has 18 heavy (non-hydrogen) atoms. The van der Waals surface area contributed by atoms with Crippen molar-refractivity contribution in [1.82, 2.24) is 20.1 Å². The summed E-state index contributed by atoms with van der Waals surface area (Å²) in [7, 11) is 0. The minimum atomic E-state index is -0.314. The van der Waals surface area contributed by atoms with E-state index in [1.165, 1.54) is 0 Å². The van der Waals surface area contributed by atoms with Gasteiger partial charge < -0.3 is 10.4 Å². The number of carbonyl (C=O) groups is 1. The SMILES string of the molecule is CC(CO)NC(=O)c1cccc(-n2cccn2)n1. The summed E-state index contributed by atoms with van der Waals surface area (Å²) in [6, 6.07) is 6.60. The lowest BCUT2D eigenvalue weighted by Gasteiger charge is -2.10. The Kier molecular flexibility index (Phi) is 3.69. The molecule has 2 heterocycles. The van der Waals surface area contributed by atoms with Crippen LogP contribution in [0.25, 0.3) is 5.82 Å². The van der Waals surface area contributed by atoms with Gasteiger partial charge in [-0.15, -0.1) is 0 Å². The molecular weight excluding hydrogens is 232 g/mol. The average molecular weight is 246 g/mol. The lowest BCUT2D eigenvalue weighted by Crippen LogP contribution is -2.35. The van der Waals surface area contributed by atoms with Crippen LogP contribution >= 0.6 is 0 Å². The molecule has 0 aliphatic carbocycles. The summed E-state index contributed by atoms with van der Waals surface area (Å²) in [5.74, 6) is 0.259. The number of hydrogen-bond donors (Lipinski definition) is 2. The van der Waals surface area contributed by atoms with Gasteiger partial charge in [-0.3, -0.25) is 4.79 Å². The second-order valence-corrected chi connectivity index (χ2v) is 3.89. The Labute approximate surface area is 104 Å². The number of aromatic nitrogens is 3. The fourth-order valence-corrected chi connectivity index (χ4v) is 1.43. The standard InChI is InChI=1S/C12H14N4O2/c1-9(8-17)14-12(18)10-4-2-5-11(15-10)16-7-3-6-13-16/h2-7,9,17H,8H2,1H3,(H,14,18). The van der Waals surface area contributed by atoms with Crippen LogP contribution in [0.5, 0.6) is 0 Å². The van der Waals surface area contributed by atoms with Crippen LogP contribution in [-0.2, 0) is 0 Å². The predicted molar refractivity (Wildman–Crippen MR) is 65.4 cm³/mol. The molecule has 0 saturated carbocycles. The number of hydrogen-bond acceptors (Lipinski definition) is 4. The molecule has 2 aromatic heterocycles. The first-order valence-corrected chi connectivity index (χ1v) is 5.59. The van der Waals surface area contributed by atoms with Crippen molar-refractivity contribution in [2.24, 2.45) is 0 Å². The van der Waals surface area contributed by atoms with Crippen LogP contribution in [0.3, 0.4) is 0 Å². The van der Waals surface area contributed by atoms with Crippen molar-refractivity contribution in [2.75, 3.05) is 6.61 Å². The van der Waals surface area contributed by atoms with Crippen LogP contribution in [0.2, 0.25) is 0 Å². The molecule has 0 aromatic carbocycles. The molecule has 0 fully saturated rings. The van der Waals surface area contributed by atoms with E-state index in [4.69, 9.17) is 5.11 Å². The van der Waals surface area contributed by atoms with Crippen molar-refractivity contribution < 1.29 is 9.90 Å². The van der Waals surface area contributed by atoms with E-state index in [2.05, 4.69) is 15.4 Å². The van der Waals surface area contributed by atoms with Crippen LogP contribution < -0.4 is 5.32 Å². The summed E-state index contributed by atoms with van der Waals surface area (Å²) in [6.45, 7) is 1.61. The number of aliphatic hydroxyl groups excluding tert-OH is 1. The Bertz CT molecular complexity index is 525. The minimum Gasteiger partial charge on any atom is -0.394 e. The molecule has 94 valence electrons. The fraction of sp³-hybridized carbons (Fsp3) is 0.250. The van der Waals surface area contributed by atoms with Crippen molar-refractivity contribution >= 4 is 5.91 Å². The minimum absolute atomic E-state index is 0.107. The number of amides is 1. The van der Waals surface area contributed by atoms with Gasteiger partial charge >= 0.3 is 0 Å². The highest BCUT2D eigenvalue weighted by atomic mass is 16.3. The second-order valence-electron chi connectivity index (χ2n) is 3.89. The third-order valence-corrected chi connectivity index (χ3v) is 2.36. The van der Waals surface area contributed by atoms with Crippen molar-refractivity contribution in [1.29, 1.82) is 0 Å². The molecule has 1 unspecified atom stereocenters. The van der Waals surface area contributed by atoms with Gasteiger partial charge in [-0.05, 0) is 25.1 Å². The van der Waals surface area contributed by atoms with Gasteiger partial charge in [0, 0.05) is 18.4 Å². The molecule has 0 aliphatic rings. The van der Waals surface area contributed by atoms with Gasteiger partial charge in [-0.2, -0.15) is 5.10 Å². The molecule has 0 saturated heterocycles. The van der Waals surface area contributed by atoms with Crippen LogP contribution in [0.15, 0.2) is 36.7 Å². The summed E-state index contributed by atoms with van der Waals surface area (Å²) < 4.78 is 1.58. The van der Waals surface area contributed by atoms with E-state index < -0.39 is 0 Å². The molecule has 6 nitrogen and oxygen atoms in total. The molecule has 0 radical (unpaired) electrons. The van der Waals surface area contributed by atoms with E-state index in [1.807, 2.05) is 0 Å². The van der Waals surface area contributed by atoms with E-state index in [1.54, 1.807) is 48.3 Å². The highest BCUT2D eigenvalue weighted by Gasteiger charge is 2.11. The maximum Gasteiger partial charge on any atom is 0.270 e. The van der Waals surface area contributed by atoms with Crippen LogP contribution in [0, 0.1) is 0 Å². The first-order chi connectivity index (χ1) is 8.70. The van der Waals surface area contributed by atoms with Crippen molar-refractivity contribution in [3.63, 3.8) is 0 Å². The Morgan fingerprint density at radius 3 is 3.00 bits per heavy atom. The van der Waals surface area contributed by atoms with Crippen molar-refractivity contribution in [3.8, 4) is 5.82 Å². The third-order valence-electron chi connectivity index (χ3n) is 2.36. The van der Waals surface area contributed by atoms with Gasteiger partial charge in [0.15, 0.2) is 5.82 Å². The molecule has 6 heteroatoms. The monoisotopic (exact) mass is 246 g/mol. The zero-order valence-electron chi connectivity index (χ0n) is 9.95. The Morgan fingerprint density at radius 2 is 2.33 bits per heavy atom. The Hall–Kier alpha value is -2.21. The van der Waals surface area contributed by atoms with E-state index >= 15 is 0 Å². The highest BCUT2D eigenvalue weighted by molar-refractivity contribution is 5.92. The average Bonchev–Trinajstić information content (AvgIpc) is 2.92. The van der Waals surface area contributed by atoms with E-state index in [0.717, 1.165) is 0 Å². The largest absolute Gasteiger partial charge is 0.394 e. The zero-order chi connectivity index (χ0) is 13.0. The predicted octanol–water partition coefficient (Wildman–Crippen LogP) is 0.378. The molecule has 1 amide bonds. The molecule has 2 rings (SSSR count). The summed E-state index contributed by atoms with van der Waals surface area (Å²) in [5, 5.41) is 15.6. The zero-order valence-corrected chi connectivity index (χ0v) is 9.95. The topological polar surface area (TPSA) is 80.0 Å². The van der Waals surface area contributed by atoms with Crippen molar-refractivity contribution in [2.45, 2.75) is 13.0 Å². The normalized spacial score (nSPS) is 12.1. The first kappa shape index (κ1) is 12.3. The number of rotatable bonds is 4. The Balaban J connectivity index is 2.20. The highest BCUT2D eigenvalue weighted by Crippen LogP contribution is 2.04. The number of carbonyl (C=O) groups excluding carboxylic acids is 1. The fourth-order valence-electron chi connectivity index (χ4n) is 1.43. The molecule has 2 aromatic rings. The number of pyridine rings is 1. The van der Waals surface area contributed by atoms with E-state index in [0.29, 0.717) is 11.5 Å². The van der Waals surface area contributed by atoms with Gasteiger partial charge in [0.2, 0.25) is 0 Å². The molecule has 0 spiro atoms. The van der Waals surface area contributed by atoms with Crippen LogP contribution in [0.4, 0.5) is 0 Å². The number of aliphatic hydroxyl groups is 1. The summed E-state index contributed by atoms with van der Waals surface area (Å²) in [6.07, 6.45) is 3.39. The van der Waals surface area contributed by atoms with Crippen LogP contribution in [0.1, 0.15) is 17.4 Å². The summed E-state index contributed by atoms with van der Waals surface area (Å²) in [4.78, 5) is 16.0. The smallest absolute Gasteiger partial charge is 0.270 e. The van der Waals surface area contributed by atoms with Gasteiger partial charge in [-0.25, -0.2) is 9.67 Å². The van der Waals surface area contributed by atoms with E-state index in [-0.39, 0.29) is 18.6 Å². The maximum atomic E-state index is 11.8. The first-order valence-electron chi connectivity index (χ1n) is 5.59. The Morgan fingerprint density at radius 1 is 1.50 bits per heavy atom. The third kappa shape index (κ3) is 2.72. The second kappa shape index (κ2) is 5.42. The molecule has 0 bridgehead atoms. The molecule has 2 N–H and O–H groups in total. The van der Waals surface area contributed by atoms with Crippen molar-refractivity contribution in [3.05, 3.63) is 42.4 Å². The molecular formula is C12H14N4O2. The van der Waals surface area contributed by atoms with Gasteiger partial charge in [0.25, 0.3) is 5.91 Å². The number of nitrogens with one attached hydrogen (secondary N) is 1. The summed E-state index contributed by atoms with van der Waals surface area (Å²) in [5.41, 5.74) is 0.295. The number of nitrogens with zero attached hydrogens (tertiary/aromatic N) is 3. The van der Waals surface area contributed by atoms with Gasteiger partial charge in [0.05, 0.1) is 6.61 Å². The lowest BCUT2D eigenvalue weighted by atomic mass is 10.3.